The minimum absolute atomic E-state index is 0.0127. The maximum atomic E-state index is 11.5. The molecule has 0 atom stereocenters. The Hall–Kier alpha value is -0.750. The van der Waals surface area contributed by atoms with Crippen LogP contribution in [0.15, 0.2) is 21.3 Å². The number of carbonyl (C=O) groups excluding carboxylic acids is 2. The van der Waals surface area contributed by atoms with Crippen molar-refractivity contribution in [1.82, 2.24) is 4.98 Å². The van der Waals surface area contributed by atoms with Gasteiger partial charge in [-0.05, 0) is 31.9 Å². The number of carbonyl (C=O) groups is 2. The molecule has 1 fully saturated rings. The number of amides is 1. The number of hydrogen-bond donors (Lipinski definition) is 0. The standard InChI is InChI=1S/C9H6Br2N2O2/c10-6-2-12-3-7(11)9(6)13-4-5(14)1-8(13)15/h2-3H,1,4H2. The lowest BCUT2D eigenvalue weighted by molar-refractivity contribution is -0.121. The molecular formula is C9H6Br2N2O2. The maximum absolute atomic E-state index is 11.5. The second kappa shape index (κ2) is 4.02. The van der Waals surface area contributed by atoms with Gasteiger partial charge in [0.1, 0.15) is 0 Å². The van der Waals surface area contributed by atoms with Crippen molar-refractivity contribution in [1.29, 1.82) is 0 Å². The molecule has 15 heavy (non-hydrogen) atoms. The zero-order valence-corrected chi connectivity index (χ0v) is 10.7. The van der Waals surface area contributed by atoms with Gasteiger partial charge in [-0.2, -0.15) is 0 Å². The second-order valence-electron chi connectivity index (χ2n) is 3.15. The molecule has 0 aromatic carbocycles. The largest absolute Gasteiger partial charge is 0.302 e. The molecule has 0 aliphatic carbocycles. The van der Waals surface area contributed by atoms with Gasteiger partial charge < -0.3 is 4.90 Å². The Morgan fingerprint density at radius 2 is 1.80 bits per heavy atom. The van der Waals surface area contributed by atoms with Crippen LogP contribution in [0.1, 0.15) is 6.42 Å². The third-order valence-corrected chi connectivity index (χ3v) is 3.24. The average molecular weight is 334 g/mol. The van der Waals surface area contributed by atoms with Gasteiger partial charge in [-0.25, -0.2) is 0 Å². The fourth-order valence-corrected chi connectivity index (χ4v) is 2.81. The lowest BCUT2D eigenvalue weighted by atomic mass is 10.3. The molecule has 1 aromatic heterocycles. The van der Waals surface area contributed by atoms with Crippen LogP contribution in [0.3, 0.4) is 0 Å². The predicted octanol–water partition coefficient (Wildman–Crippen LogP) is 1.91. The van der Waals surface area contributed by atoms with E-state index in [1.807, 2.05) is 0 Å². The predicted molar refractivity (Wildman–Crippen MR) is 61.6 cm³/mol. The minimum atomic E-state index is -0.174. The molecule has 2 heterocycles. The van der Waals surface area contributed by atoms with Gasteiger partial charge in [0.2, 0.25) is 5.91 Å². The Morgan fingerprint density at radius 3 is 2.27 bits per heavy atom. The average Bonchev–Trinajstić information content (AvgIpc) is 2.45. The first-order chi connectivity index (χ1) is 7.09. The summed E-state index contributed by atoms with van der Waals surface area (Å²) in [5.41, 5.74) is 0.667. The lowest BCUT2D eigenvalue weighted by Gasteiger charge is -2.17. The number of hydrogen-bond acceptors (Lipinski definition) is 3. The van der Waals surface area contributed by atoms with Crippen molar-refractivity contribution in [3.05, 3.63) is 21.3 Å². The summed E-state index contributed by atoms with van der Waals surface area (Å²) in [7, 11) is 0. The molecule has 0 N–H and O–H groups in total. The molecule has 1 aliphatic heterocycles. The summed E-state index contributed by atoms with van der Waals surface area (Å²) in [6, 6.07) is 0. The topological polar surface area (TPSA) is 50.3 Å². The SMILES string of the molecule is O=C1CC(=O)N(c2c(Br)cncc2Br)C1. The highest BCUT2D eigenvalue weighted by Crippen LogP contribution is 2.34. The molecule has 0 unspecified atom stereocenters. The van der Waals surface area contributed by atoms with E-state index < -0.39 is 0 Å². The molecule has 4 nitrogen and oxygen atoms in total. The van der Waals surface area contributed by atoms with Crippen molar-refractivity contribution in [2.45, 2.75) is 6.42 Å². The Bertz CT molecular complexity index is 427. The molecule has 0 bridgehead atoms. The first kappa shape index (κ1) is 10.8. The molecule has 1 aromatic rings. The lowest BCUT2D eigenvalue weighted by Crippen LogP contribution is -2.25. The maximum Gasteiger partial charge on any atom is 0.234 e. The monoisotopic (exact) mass is 332 g/mol. The molecule has 0 radical (unpaired) electrons. The molecule has 0 saturated carbocycles. The molecule has 78 valence electrons. The number of aromatic nitrogens is 1. The number of pyridine rings is 1. The van der Waals surface area contributed by atoms with E-state index in [1.165, 1.54) is 4.90 Å². The van der Waals surface area contributed by atoms with Crippen LogP contribution in [0, 0.1) is 0 Å². The summed E-state index contributed by atoms with van der Waals surface area (Å²) in [5.74, 6) is -0.233. The second-order valence-corrected chi connectivity index (χ2v) is 4.86. The van der Waals surface area contributed by atoms with Gasteiger partial charge in [-0.3, -0.25) is 14.6 Å². The highest BCUT2D eigenvalue weighted by atomic mass is 79.9. The van der Waals surface area contributed by atoms with Crippen LogP contribution in [0.4, 0.5) is 5.69 Å². The highest BCUT2D eigenvalue weighted by Gasteiger charge is 2.31. The van der Waals surface area contributed by atoms with Gasteiger partial charge >= 0.3 is 0 Å². The fourth-order valence-electron chi connectivity index (χ4n) is 1.45. The van der Waals surface area contributed by atoms with Crippen molar-refractivity contribution in [2.75, 3.05) is 11.4 Å². The molecule has 0 spiro atoms. The number of halogens is 2. The van der Waals surface area contributed by atoms with Gasteiger partial charge in [-0.1, -0.05) is 0 Å². The Labute approximate surface area is 103 Å². The normalized spacial score (nSPS) is 16.3. The van der Waals surface area contributed by atoms with E-state index in [4.69, 9.17) is 0 Å². The summed E-state index contributed by atoms with van der Waals surface area (Å²) < 4.78 is 1.39. The molecule has 1 aliphatic rings. The van der Waals surface area contributed by atoms with E-state index in [0.29, 0.717) is 14.6 Å². The third kappa shape index (κ3) is 1.96. The molecule has 1 saturated heterocycles. The number of rotatable bonds is 1. The van der Waals surface area contributed by atoms with Crippen molar-refractivity contribution < 1.29 is 9.59 Å². The zero-order chi connectivity index (χ0) is 11.0. The van der Waals surface area contributed by atoms with Gasteiger partial charge in [0.05, 0.1) is 27.6 Å². The van der Waals surface area contributed by atoms with E-state index in [2.05, 4.69) is 36.8 Å². The first-order valence-electron chi connectivity index (χ1n) is 4.20. The first-order valence-corrected chi connectivity index (χ1v) is 5.79. The van der Waals surface area contributed by atoms with Gasteiger partial charge in [0.25, 0.3) is 0 Å². The van der Waals surface area contributed by atoms with Crippen LogP contribution < -0.4 is 4.90 Å². The van der Waals surface area contributed by atoms with E-state index in [1.54, 1.807) is 12.4 Å². The van der Waals surface area contributed by atoms with E-state index >= 15 is 0 Å². The van der Waals surface area contributed by atoms with Crippen molar-refractivity contribution in [2.24, 2.45) is 0 Å². The van der Waals surface area contributed by atoms with Crippen LogP contribution in [-0.2, 0) is 9.59 Å². The van der Waals surface area contributed by atoms with Crippen LogP contribution in [-0.4, -0.2) is 23.2 Å². The third-order valence-electron chi connectivity index (χ3n) is 2.08. The summed E-state index contributed by atoms with van der Waals surface area (Å²) >= 11 is 6.61. The quantitative estimate of drug-likeness (QED) is 0.738. The van der Waals surface area contributed by atoms with Gasteiger partial charge in [-0.15, -0.1) is 0 Å². The van der Waals surface area contributed by atoms with E-state index in [9.17, 15) is 9.59 Å². The zero-order valence-electron chi connectivity index (χ0n) is 7.54. The molecular weight excluding hydrogens is 328 g/mol. The minimum Gasteiger partial charge on any atom is -0.302 e. The van der Waals surface area contributed by atoms with Crippen LogP contribution in [0.5, 0.6) is 0 Å². The van der Waals surface area contributed by atoms with E-state index in [0.717, 1.165) is 0 Å². The van der Waals surface area contributed by atoms with Gasteiger partial charge in [0.15, 0.2) is 5.78 Å². The highest BCUT2D eigenvalue weighted by molar-refractivity contribution is 9.11. The van der Waals surface area contributed by atoms with Crippen LogP contribution in [0.25, 0.3) is 0 Å². The van der Waals surface area contributed by atoms with Crippen LogP contribution in [0.2, 0.25) is 0 Å². The number of anilines is 1. The van der Waals surface area contributed by atoms with Gasteiger partial charge in [0, 0.05) is 12.4 Å². The Kier molecular flexibility index (Phi) is 2.88. The van der Waals surface area contributed by atoms with E-state index in [-0.39, 0.29) is 24.7 Å². The summed E-state index contributed by atoms with van der Waals surface area (Å²) in [5, 5.41) is 0. The van der Waals surface area contributed by atoms with Crippen molar-refractivity contribution in [3.8, 4) is 0 Å². The summed E-state index contributed by atoms with van der Waals surface area (Å²) in [4.78, 5) is 28.1. The Balaban J connectivity index is 2.46. The molecule has 1 amide bonds. The number of ketones is 1. The number of nitrogens with zero attached hydrogens (tertiary/aromatic N) is 2. The van der Waals surface area contributed by atoms with Crippen molar-refractivity contribution >= 4 is 49.2 Å². The summed E-state index contributed by atoms with van der Waals surface area (Å²) in [6.07, 6.45) is 3.17. The smallest absolute Gasteiger partial charge is 0.234 e. The molecule has 2 rings (SSSR count). The Morgan fingerprint density at radius 1 is 1.20 bits per heavy atom. The fraction of sp³-hybridized carbons (Fsp3) is 0.222. The van der Waals surface area contributed by atoms with Crippen molar-refractivity contribution in [3.63, 3.8) is 0 Å². The summed E-state index contributed by atoms with van der Waals surface area (Å²) in [6.45, 7) is 0.139. The number of Topliss-reactive ketones (excluding diaryl/α,β-unsaturated/α-hetero) is 1. The van der Waals surface area contributed by atoms with Crippen LogP contribution >= 0.6 is 31.9 Å². The molecule has 6 heteroatoms.